The van der Waals surface area contributed by atoms with Gasteiger partial charge in [0.05, 0.1) is 5.03 Å². The largest absolute Gasteiger partial charge is 0.506 e. The summed E-state index contributed by atoms with van der Waals surface area (Å²) in [6.07, 6.45) is 7.83. The predicted molar refractivity (Wildman–Crippen MR) is 38.4 cm³/mol. The van der Waals surface area contributed by atoms with E-state index in [1.807, 2.05) is 6.08 Å². The molecule has 1 aliphatic rings. The Balaban J connectivity index is 2.85. The average molecular weight is 143 g/mol. The van der Waals surface area contributed by atoms with Crippen LogP contribution in [-0.2, 0) is 0 Å². The van der Waals surface area contributed by atoms with Gasteiger partial charge in [0.25, 0.3) is 0 Å². The second-order valence-corrected chi connectivity index (χ2v) is 2.18. The highest BCUT2D eigenvalue weighted by atomic mass is 35.5. The van der Waals surface area contributed by atoms with Crippen LogP contribution in [0, 0.1) is 0 Å². The fourth-order valence-corrected chi connectivity index (χ4v) is 0.746. The summed E-state index contributed by atoms with van der Waals surface area (Å²) in [5.74, 6) is 0.144. The Kier molecular flexibility index (Phi) is 1.96. The third-order valence-corrected chi connectivity index (χ3v) is 1.42. The van der Waals surface area contributed by atoms with Crippen LogP contribution in [0.1, 0.15) is 6.42 Å². The van der Waals surface area contributed by atoms with E-state index in [0.717, 1.165) is 6.42 Å². The molecule has 9 heavy (non-hydrogen) atoms. The van der Waals surface area contributed by atoms with Crippen LogP contribution in [0.4, 0.5) is 0 Å². The van der Waals surface area contributed by atoms with Crippen LogP contribution in [0.3, 0.4) is 0 Å². The van der Waals surface area contributed by atoms with Gasteiger partial charge in [-0.15, -0.1) is 0 Å². The third-order valence-electron chi connectivity index (χ3n) is 1.07. The van der Waals surface area contributed by atoms with Crippen LogP contribution in [0.5, 0.6) is 0 Å². The van der Waals surface area contributed by atoms with E-state index in [9.17, 15) is 0 Å². The van der Waals surface area contributed by atoms with Crippen molar-refractivity contribution >= 4 is 11.6 Å². The topological polar surface area (TPSA) is 20.2 Å². The van der Waals surface area contributed by atoms with E-state index >= 15 is 0 Å². The number of allylic oxidation sites excluding steroid dienone is 5. The lowest BCUT2D eigenvalue weighted by molar-refractivity contribution is 0.429. The molecular formula is C7H7ClO. The summed E-state index contributed by atoms with van der Waals surface area (Å²) in [5.41, 5.74) is 0. The lowest BCUT2D eigenvalue weighted by atomic mass is 10.4. The molecule has 0 bridgehead atoms. The maximum absolute atomic E-state index is 8.97. The lowest BCUT2D eigenvalue weighted by Crippen LogP contribution is -1.76. The maximum atomic E-state index is 8.97. The van der Waals surface area contributed by atoms with E-state index in [2.05, 4.69) is 0 Å². The van der Waals surface area contributed by atoms with Gasteiger partial charge in [-0.2, -0.15) is 0 Å². The normalized spacial score (nSPS) is 18.3. The highest BCUT2D eigenvalue weighted by molar-refractivity contribution is 6.31. The van der Waals surface area contributed by atoms with Crippen molar-refractivity contribution in [2.45, 2.75) is 6.42 Å². The molecule has 0 amide bonds. The number of hydrogen-bond donors (Lipinski definition) is 1. The number of hydrogen-bond acceptors (Lipinski definition) is 1. The molecule has 0 heterocycles. The van der Waals surface area contributed by atoms with Crippen molar-refractivity contribution in [1.82, 2.24) is 0 Å². The number of aliphatic hydroxyl groups is 1. The summed E-state index contributed by atoms with van der Waals surface area (Å²) in [5, 5.41) is 9.40. The Morgan fingerprint density at radius 1 is 1.56 bits per heavy atom. The van der Waals surface area contributed by atoms with Crippen LogP contribution < -0.4 is 0 Å². The van der Waals surface area contributed by atoms with Crippen molar-refractivity contribution in [3.05, 3.63) is 35.1 Å². The highest BCUT2D eigenvalue weighted by Crippen LogP contribution is 2.14. The van der Waals surface area contributed by atoms with E-state index in [0.29, 0.717) is 5.03 Å². The molecule has 0 unspecified atom stereocenters. The fourth-order valence-electron chi connectivity index (χ4n) is 0.593. The van der Waals surface area contributed by atoms with Gasteiger partial charge in [-0.3, -0.25) is 0 Å². The van der Waals surface area contributed by atoms with Gasteiger partial charge in [-0.1, -0.05) is 29.8 Å². The van der Waals surface area contributed by atoms with E-state index in [1.54, 1.807) is 18.2 Å². The fraction of sp³-hybridized carbons (Fsp3) is 0.143. The van der Waals surface area contributed by atoms with Crippen molar-refractivity contribution in [1.29, 1.82) is 0 Å². The van der Waals surface area contributed by atoms with Crippen LogP contribution >= 0.6 is 11.6 Å². The first-order valence-electron chi connectivity index (χ1n) is 2.72. The van der Waals surface area contributed by atoms with Crippen LogP contribution in [0.25, 0.3) is 0 Å². The van der Waals surface area contributed by atoms with Crippen LogP contribution in [0.2, 0.25) is 0 Å². The second-order valence-electron chi connectivity index (χ2n) is 1.77. The van der Waals surface area contributed by atoms with E-state index in [4.69, 9.17) is 16.7 Å². The first kappa shape index (κ1) is 6.43. The molecule has 0 spiro atoms. The zero-order chi connectivity index (χ0) is 6.69. The zero-order valence-electron chi connectivity index (χ0n) is 4.84. The molecule has 1 rings (SSSR count). The molecular weight excluding hydrogens is 136 g/mol. The molecule has 0 atom stereocenters. The minimum absolute atomic E-state index is 0.144. The standard InChI is InChI=1S/C7H7ClO/c8-6-4-2-1-3-5-7(6)9/h1,3-5,9H,2H2. The predicted octanol–water partition coefficient (Wildman–Crippen LogP) is 2.51. The smallest absolute Gasteiger partial charge is 0.133 e. The summed E-state index contributed by atoms with van der Waals surface area (Å²) in [4.78, 5) is 0. The molecule has 0 saturated heterocycles. The molecule has 0 aromatic heterocycles. The summed E-state index contributed by atoms with van der Waals surface area (Å²) >= 11 is 5.57. The van der Waals surface area contributed by atoms with Gasteiger partial charge in [-0.05, 0) is 12.5 Å². The molecule has 0 fully saturated rings. The average Bonchev–Trinajstić information content (AvgIpc) is 1.99. The Morgan fingerprint density at radius 2 is 2.33 bits per heavy atom. The number of rotatable bonds is 0. The summed E-state index contributed by atoms with van der Waals surface area (Å²) < 4.78 is 0. The molecule has 0 radical (unpaired) electrons. The van der Waals surface area contributed by atoms with Crippen LogP contribution in [-0.4, -0.2) is 5.11 Å². The van der Waals surface area contributed by atoms with E-state index < -0.39 is 0 Å². The van der Waals surface area contributed by atoms with Crippen molar-refractivity contribution in [2.75, 3.05) is 0 Å². The molecule has 0 saturated carbocycles. The molecule has 1 N–H and O–H groups in total. The van der Waals surface area contributed by atoms with Crippen molar-refractivity contribution in [3.63, 3.8) is 0 Å². The van der Waals surface area contributed by atoms with Crippen molar-refractivity contribution < 1.29 is 5.11 Å². The monoisotopic (exact) mass is 142 g/mol. The molecule has 1 aliphatic carbocycles. The quantitative estimate of drug-likeness (QED) is 0.551. The Hall–Kier alpha value is -0.690. The summed E-state index contributed by atoms with van der Waals surface area (Å²) in [7, 11) is 0. The first-order valence-corrected chi connectivity index (χ1v) is 3.10. The number of halogens is 1. The molecule has 0 aliphatic heterocycles. The Morgan fingerprint density at radius 3 is 3.11 bits per heavy atom. The van der Waals surface area contributed by atoms with Gasteiger partial charge in [-0.25, -0.2) is 0 Å². The van der Waals surface area contributed by atoms with E-state index in [-0.39, 0.29) is 5.76 Å². The SMILES string of the molecule is OC1=CC=CCC=C1Cl. The minimum atomic E-state index is 0.144. The Labute approximate surface area is 59.0 Å². The van der Waals surface area contributed by atoms with Crippen molar-refractivity contribution in [3.8, 4) is 0 Å². The maximum Gasteiger partial charge on any atom is 0.133 e. The Bertz CT molecular complexity index is 189. The first-order chi connectivity index (χ1) is 4.30. The van der Waals surface area contributed by atoms with Crippen LogP contribution in [0.15, 0.2) is 35.1 Å². The van der Waals surface area contributed by atoms with Crippen molar-refractivity contribution in [2.24, 2.45) is 0 Å². The summed E-state index contributed by atoms with van der Waals surface area (Å²) in [6.45, 7) is 0. The van der Waals surface area contributed by atoms with Gasteiger partial charge in [0, 0.05) is 0 Å². The molecule has 0 aromatic carbocycles. The minimum Gasteiger partial charge on any atom is -0.506 e. The highest BCUT2D eigenvalue weighted by Gasteiger charge is 1.97. The molecule has 48 valence electrons. The van der Waals surface area contributed by atoms with Gasteiger partial charge in [0.1, 0.15) is 5.76 Å². The van der Waals surface area contributed by atoms with E-state index in [1.165, 1.54) is 0 Å². The third kappa shape index (κ3) is 1.61. The molecule has 0 aromatic rings. The summed E-state index contributed by atoms with van der Waals surface area (Å²) in [6, 6.07) is 0. The second kappa shape index (κ2) is 2.74. The van der Waals surface area contributed by atoms with Gasteiger partial charge >= 0.3 is 0 Å². The number of aliphatic hydroxyl groups excluding tert-OH is 1. The van der Waals surface area contributed by atoms with Gasteiger partial charge < -0.3 is 5.11 Å². The molecule has 2 heteroatoms. The molecule has 1 nitrogen and oxygen atoms in total. The zero-order valence-corrected chi connectivity index (χ0v) is 5.60. The van der Waals surface area contributed by atoms with Gasteiger partial charge in [0.2, 0.25) is 0 Å². The lowest BCUT2D eigenvalue weighted by Gasteiger charge is -1.90. The van der Waals surface area contributed by atoms with Gasteiger partial charge in [0.15, 0.2) is 0 Å².